The minimum atomic E-state index is -0.503. The predicted octanol–water partition coefficient (Wildman–Crippen LogP) is 1.61. The molecule has 0 bridgehead atoms. The second kappa shape index (κ2) is 5.27. The van der Waals surface area contributed by atoms with Crippen LogP contribution in [0.15, 0.2) is 18.2 Å². The zero-order valence-corrected chi connectivity index (χ0v) is 12.1. The summed E-state index contributed by atoms with van der Waals surface area (Å²) in [6.45, 7) is 4.65. The van der Waals surface area contributed by atoms with E-state index in [4.69, 9.17) is 9.47 Å². The number of carbonyl (C=O) groups excluding carboxylic acids is 2. The van der Waals surface area contributed by atoms with Gasteiger partial charge in [-0.25, -0.2) is 0 Å². The van der Waals surface area contributed by atoms with Crippen molar-refractivity contribution in [1.82, 2.24) is 4.90 Å². The normalized spacial score (nSPS) is 20.5. The molecule has 0 saturated carbocycles. The maximum absolute atomic E-state index is 12.3. The number of carbonyl (C=O) groups is 2. The topological polar surface area (TPSA) is 67.9 Å². The van der Waals surface area contributed by atoms with Crippen molar-refractivity contribution >= 4 is 17.5 Å². The van der Waals surface area contributed by atoms with Crippen LogP contribution in [-0.4, -0.2) is 36.1 Å². The molecule has 6 heteroatoms. The van der Waals surface area contributed by atoms with Crippen molar-refractivity contribution in [3.8, 4) is 11.5 Å². The van der Waals surface area contributed by atoms with E-state index in [9.17, 15) is 9.59 Å². The highest BCUT2D eigenvalue weighted by molar-refractivity contribution is 6.06. The van der Waals surface area contributed by atoms with Crippen LogP contribution in [0.1, 0.15) is 20.3 Å². The fraction of sp³-hybridized carbons (Fsp3) is 0.467. The van der Waals surface area contributed by atoms with E-state index in [1.165, 1.54) is 4.90 Å². The fourth-order valence-electron chi connectivity index (χ4n) is 2.54. The summed E-state index contributed by atoms with van der Waals surface area (Å²) in [6.07, 6.45) is 0.194. The molecule has 2 heterocycles. The smallest absolute Gasteiger partial charge is 0.252 e. The third-order valence-electron chi connectivity index (χ3n) is 3.51. The van der Waals surface area contributed by atoms with Gasteiger partial charge in [-0.15, -0.1) is 0 Å². The van der Waals surface area contributed by atoms with E-state index in [1.54, 1.807) is 12.1 Å². The summed E-state index contributed by atoms with van der Waals surface area (Å²) in [5, 5.41) is 3.11. The first kappa shape index (κ1) is 13.7. The molecule has 0 unspecified atom stereocenters. The highest BCUT2D eigenvalue weighted by Crippen LogP contribution is 2.34. The first-order valence-corrected chi connectivity index (χ1v) is 7.05. The number of nitrogens with zero attached hydrogens (tertiary/aromatic N) is 1. The summed E-state index contributed by atoms with van der Waals surface area (Å²) in [4.78, 5) is 25.5. The van der Waals surface area contributed by atoms with E-state index in [0.29, 0.717) is 18.0 Å². The van der Waals surface area contributed by atoms with Crippen LogP contribution in [-0.2, 0) is 9.59 Å². The average Bonchev–Trinajstić information content (AvgIpc) is 2.98. The van der Waals surface area contributed by atoms with Gasteiger partial charge in [0.25, 0.3) is 5.91 Å². The van der Waals surface area contributed by atoms with Crippen molar-refractivity contribution in [1.29, 1.82) is 0 Å². The van der Waals surface area contributed by atoms with Crippen LogP contribution in [0, 0.1) is 5.92 Å². The van der Waals surface area contributed by atoms with Gasteiger partial charge in [-0.3, -0.25) is 14.5 Å². The van der Waals surface area contributed by atoms with Crippen molar-refractivity contribution < 1.29 is 19.1 Å². The van der Waals surface area contributed by atoms with E-state index in [2.05, 4.69) is 5.32 Å². The molecule has 0 aliphatic carbocycles. The Hall–Kier alpha value is -2.24. The standard InChI is InChI=1S/C15H18N2O4/c1-9(2)7-17-14(18)6-11(15(17)19)16-10-3-4-12-13(5-10)21-8-20-12/h3-5,9,11,16H,6-8H2,1-2H3/t11-/m1/s1. The van der Waals surface area contributed by atoms with Gasteiger partial charge in [-0.05, 0) is 18.1 Å². The number of anilines is 1. The zero-order valence-electron chi connectivity index (χ0n) is 12.1. The van der Waals surface area contributed by atoms with Crippen molar-refractivity contribution in [2.75, 3.05) is 18.7 Å². The molecule has 2 aliphatic rings. The molecule has 1 N–H and O–H groups in total. The molecule has 1 fully saturated rings. The molecular weight excluding hydrogens is 272 g/mol. The first-order valence-electron chi connectivity index (χ1n) is 7.05. The van der Waals surface area contributed by atoms with Gasteiger partial charge in [0.1, 0.15) is 6.04 Å². The van der Waals surface area contributed by atoms with Crippen LogP contribution in [0.2, 0.25) is 0 Å². The number of hydrogen-bond donors (Lipinski definition) is 1. The predicted molar refractivity (Wildman–Crippen MR) is 76.2 cm³/mol. The Balaban J connectivity index is 1.71. The van der Waals surface area contributed by atoms with Gasteiger partial charge in [-0.2, -0.15) is 0 Å². The second-order valence-corrected chi connectivity index (χ2v) is 5.71. The number of likely N-dealkylation sites (tertiary alicyclic amines) is 1. The lowest BCUT2D eigenvalue weighted by molar-refractivity contribution is -0.139. The van der Waals surface area contributed by atoms with Gasteiger partial charge in [0.05, 0.1) is 6.42 Å². The number of ether oxygens (including phenoxy) is 2. The highest BCUT2D eigenvalue weighted by atomic mass is 16.7. The average molecular weight is 290 g/mol. The molecule has 2 aliphatic heterocycles. The Morgan fingerprint density at radius 2 is 2.05 bits per heavy atom. The quantitative estimate of drug-likeness (QED) is 0.853. The van der Waals surface area contributed by atoms with Crippen molar-refractivity contribution in [3.05, 3.63) is 18.2 Å². The number of rotatable bonds is 4. The number of hydrogen-bond acceptors (Lipinski definition) is 5. The number of amides is 2. The molecule has 112 valence electrons. The molecule has 1 saturated heterocycles. The minimum Gasteiger partial charge on any atom is -0.454 e. The van der Waals surface area contributed by atoms with Crippen LogP contribution >= 0.6 is 0 Å². The van der Waals surface area contributed by atoms with Crippen molar-refractivity contribution in [3.63, 3.8) is 0 Å². The monoisotopic (exact) mass is 290 g/mol. The number of imide groups is 1. The van der Waals surface area contributed by atoms with E-state index in [-0.39, 0.29) is 30.9 Å². The Labute approximate surface area is 123 Å². The van der Waals surface area contributed by atoms with Crippen LogP contribution in [0.25, 0.3) is 0 Å². The SMILES string of the molecule is CC(C)CN1C(=O)C[C@@H](Nc2ccc3c(c2)OCO3)C1=O. The summed E-state index contributed by atoms with van der Waals surface area (Å²) in [5.74, 6) is 1.33. The highest BCUT2D eigenvalue weighted by Gasteiger charge is 2.38. The third kappa shape index (κ3) is 2.66. The van der Waals surface area contributed by atoms with Crippen LogP contribution in [0.4, 0.5) is 5.69 Å². The lowest BCUT2D eigenvalue weighted by Crippen LogP contribution is -2.37. The first-order chi connectivity index (χ1) is 10.0. The van der Waals surface area contributed by atoms with Gasteiger partial charge >= 0.3 is 0 Å². The maximum Gasteiger partial charge on any atom is 0.252 e. The van der Waals surface area contributed by atoms with Crippen molar-refractivity contribution in [2.45, 2.75) is 26.3 Å². The van der Waals surface area contributed by atoms with Crippen LogP contribution < -0.4 is 14.8 Å². The molecule has 0 radical (unpaired) electrons. The van der Waals surface area contributed by atoms with E-state index >= 15 is 0 Å². The number of nitrogens with one attached hydrogen (secondary N) is 1. The molecule has 1 aromatic rings. The van der Waals surface area contributed by atoms with Gasteiger partial charge in [0.2, 0.25) is 12.7 Å². The molecular formula is C15H18N2O4. The number of benzene rings is 1. The molecule has 6 nitrogen and oxygen atoms in total. The molecule has 2 amide bonds. The molecule has 1 atom stereocenters. The lowest BCUT2D eigenvalue weighted by Gasteiger charge is -2.17. The summed E-state index contributed by atoms with van der Waals surface area (Å²) >= 11 is 0. The molecule has 1 aromatic carbocycles. The Morgan fingerprint density at radius 3 is 2.81 bits per heavy atom. The van der Waals surface area contributed by atoms with Crippen LogP contribution in [0.3, 0.4) is 0 Å². The van der Waals surface area contributed by atoms with Crippen LogP contribution in [0.5, 0.6) is 11.5 Å². The van der Waals surface area contributed by atoms with E-state index in [0.717, 1.165) is 5.69 Å². The van der Waals surface area contributed by atoms with Gasteiger partial charge in [-0.1, -0.05) is 13.8 Å². The Morgan fingerprint density at radius 1 is 1.29 bits per heavy atom. The van der Waals surface area contributed by atoms with Gasteiger partial charge < -0.3 is 14.8 Å². The Bertz CT molecular complexity index is 585. The van der Waals surface area contributed by atoms with E-state index in [1.807, 2.05) is 19.9 Å². The molecule has 0 aromatic heterocycles. The maximum atomic E-state index is 12.3. The van der Waals surface area contributed by atoms with Gasteiger partial charge in [0.15, 0.2) is 11.5 Å². The lowest BCUT2D eigenvalue weighted by atomic mass is 10.2. The Kier molecular flexibility index (Phi) is 3.45. The van der Waals surface area contributed by atoms with E-state index < -0.39 is 6.04 Å². The summed E-state index contributed by atoms with van der Waals surface area (Å²) in [5.41, 5.74) is 0.747. The van der Waals surface area contributed by atoms with Crippen molar-refractivity contribution in [2.24, 2.45) is 5.92 Å². The second-order valence-electron chi connectivity index (χ2n) is 5.71. The zero-order chi connectivity index (χ0) is 15.0. The molecule has 21 heavy (non-hydrogen) atoms. The molecule has 3 rings (SSSR count). The molecule has 0 spiro atoms. The minimum absolute atomic E-state index is 0.119. The largest absolute Gasteiger partial charge is 0.454 e. The third-order valence-corrected chi connectivity index (χ3v) is 3.51. The summed E-state index contributed by atoms with van der Waals surface area (Å²) in [6, 6.07) is 4.89. The summed E-state index contributed by atoms with van der Waals surface area (Å²) in [7, 11) is 0. The number of fused-ring (bicyclic) bond motifs is 1. The van der Waals surface area contributed by atoms with Gasteiger partial charge in [0, 0.05) is 18.3 Å². The summed E-state index contributed by atoms with van der Waals surface area (Å²) < 4.78 is 10.5. The fourth-order valence-corrected chi connectivity index (χ4v) is 2.54.